The molecule has 0 aliphatic rings. The zero-order valence-corrected chi connectivity index (χ0v) is 11.0. The number of nitrogens with one attached hydrogen (secondary N) is 1. The number of hydrogen-bond donors (Lipinski definition) is 1. The maximum absolute atomic E-state index is 11.2. The average Bonchev–Trinajstić information content (AvgIpc) is 2.36. The number of carbonyl (C=O) groups excluding carboxylic acids is 1. The molecule has 7 heteroatoms. The van der Waals surface area contributed by atoms with Crippen LogP contribution in [0.25, 0.3) is 11.3 Å². The maximum atomic E-state index is 11.2. The van der Waals surface area contributed by atoms with Gasteiger partial charge in [-0.15, -0.1) is 0 Å². The van der Waals surface area contributed by atoms with Crippen molar-refractivity contribution in [1.29, 1.82) is 0 Å². The third-order valence-electron chi connectivity index (χ3n) is 2.25. The number of benzene rings is 1. The van der Waals surface area contributed by atoms with E-state index in [0.717, 1.165) is 0 Å². The number of hydrogen-bond acceptors (Lipinski definition) is 3. The highest BCUT2D eigenvalue weighted by molar-refractivity contribution is 6.67. The van der Waals surface area contributed by atoms with Gasteiger partial charge in [-0.1, -0.05) is 35.3 Å². The second kappa shape index (κ2) is 5.10. The monoisotopic (exact) mass is 302 g/mol. The first-order valence-corrected chi connectivity index (χ1v) is 5.88. The minimum Gasteiger partial charge on any atom is -0.276 e. The van der Waals surface area contributed by atoms with Gasteiger partial charge in [0.15, 0.2) is 0 Å². The summed E-state index contributed by atoms with van der Waals surface area (Å²) in [5, 5.41) is 5.42. The van der Waals surface area contributed by atoms with E-state index >= 15 is 0 Å². The molecule has 0 fully saturated rings. The van der Waals surface area contributed by atoms with Crippen LogP contribution in [0.3, 0.4) is 0 Å². The molecule has 1 aromatic carbocycles. The third kappa shape index (κ3) is 2.41. The van der Waals surface area contributed by atoms with E-state index in [0.29, 0.717) is 16.8 Å². The van der Waals surface area contributed by atoms with Gasteiger partial charge in [-0.2, -0.15) is 5.10 Å². The highest BCUT2D eigenvalue weighted by Crippen LogP contribution is 2.29. The summed E-state index contributed by atoms with van der Waals surface area (Å²) in [6.45, 7) is 0. The Morgan fingerprint density at radius 1 is 1.11 bits per heavy atom. The molecule has 4 nitrogen and oxygen atoms in total. The Morgan fingerprint density at radius 3 is 2.28 bits per heavy atom. The van der Waals surface area contributed by atoms with Crippen LogP contribution in [0, 0.1) is 0 Å². The quantitative estimate of drug-likeness (QED) is 0.867. The standard InChI is InChI=1S/C11H5Cl3N2O2/c12-7-8(13)11(18)16-15-9(7)5-1-3-6(4-2-5)10(14)17/h1-4H,(H,16,18). The Kier molecular flexibility index (Phi) is 3.71. The minimum absolute atomic E-state index is 0.0605. The fraction of sp³-hybridized carbons (Fsp3) is 0. The highest BCUT2D eigenvalue weighted by atomic mass is 35.5. The number of nitrogens with zero attached hydrogens (tertiary/aromatic N) is 1. The van der Waals surface area contributed by atoms with Crippen LogP contribution < -0.4 is 5.56 Å². The summed E-state index contributed by atoms with van der Waals surface area (Å²) in [6, 6.07) is 6.28. The average molecular weight is 304 g/mol. The van der Waals surface area contributed by atoms with Crippen molar-refractivity contribution in [2.75, 3.05) is 0 Å². The summed E-state index contributed by atoms with van der Waals surface area (Å²) < 4.78 is 0. The van der Waals surface area contributed by atoms with Crippen molar-refractivity contribution in [2.45, 2.75) is 0 Å². The van der Waals surface area contributed by atoms with Crippen LogP contribution in [0.4, 0.5) is 0 Å². The van der Waals surface area contributed by atoms with Gasteiger partial charge in [-0.25, -0.2) is 5.10 Å². The molecule has 0 spiro atoms. The van der Waals surface area contributed by atoms with E-state index in [1.807, 2.05) is 0 Å². The predicted molar refractivity (Wildman–Crippen MR) is 70.5 cm³/mol. The topological polar surface area (TPSA) is 62.8 Å². The normalized spacial score (nSPS) is 10.4. The largest absolute Gasteiger partial charge is 0.284 e. The van der Waals surface area contributed by atoms with Gasteiger partial charge in [-0.05, 0) is 23.7 Å². The van der Waals surface area contributed by atoms with Crippen molar-refractivity contribution in [3.63, 3.8) is 0 Å². The van der Waals surface area contributed by atoms with E-state index in [-0.39, 0.29) is 10.0 Å². The molecule has 0 bridgehead atoms. The number of aromatic nitrogens is 2. The summed E-state index contributed by atoms with van der Waals surface area (Å²) in [7, 11) is 0. The fourth-order valence-electron chi connectivity index (χ4n) is 1.36. The number of carbonyl (C=O) groups is 1. The molecule has 0 atom stereocenters. The predicted octanol–water partition coefficient (Wildman–Crippen LogP) is 3.12. The molecule has 0 amide bonds. The molecule has 1 aromatic heterocycles. The molecule has 1 heterocycles. The molecule has 1 N–H and O–H groups in total. The first-order chi connectivity index (χ1) is 8.50. The van der Waals surface area contributed by atoms with Crippen LogP contribution in [-0.2, 0) is 0 Å². The number of aromatic amines is 1. The second-order valence-corrected chi connectivity index (χ2v) is 4.48. The lowest BCUT2D eigenvalue weighted by atomic mass is 10.1. The molecule has 0 unspecified atom stereocenters. The summed E-state index contributed by atoms with van der Waals surface area (Å²) in [4.78, 5) is 22.1. The van der Waals surface area contributed by atoms with Crippen molar-refractivity contribution < 1.29 is 4.79 Å². The van der Waals surface area contributed by atoms with Crippen LogP contribution in [0.5, 0.6) is 0 Å². The highest BCUT2D eigenvalue weighted by Gasteiger charge is 2.12. The number of rotatable bonds is 2. The third-order valence-corrected chi connectivity index (χ3v) is 3.30. The molecule has 0 radical (unpaired) electrons. The lowest BCUT2D eigenvalue weighted by Gasteiger charge is -2.04. The van der Waals surface area contributed by atoms with Crippen molar-refractivity contribution in [3.8, 4) is 11.3 Å². The van der Waals surface area contributed by atoms with Crippen LogP contribution in [0.15, 0.2) is 29.1 Å². The van der Waals surface area contributed by atoms with Crippen molar-refractivity contribution >= 4 is 40.0 Å². The van der Waals surface area contributed by atoms with Gasteiger partial charge in [0, 0.05) is 11.1 Å². The van der Waals surface area contributed by atoms with Crippen molar-refractivity contribution in [2.24, 2.45) is 0 Å². The van der Waals surface area contributed by atoms with Gasteiger partial charge < -0.3 is 0 Å². The Hall–Kier alpha value is -1.36. The van der Waals surface area contributed by atoms with Gasteiger partial charge in [0.2, 0.25) is 0 Å². The number of halogens is 3. The number of H-pyrrole nitrogens is 1. The van der Waals surface area contributed by atoms with Gasteiger partial charge in [0.05, 0.1) is 5.02 Å². The molecule has 2 aromatic rings. The van der Waals surface area contributed by atoms with Crippen LogP contribution >= 0.6 is 34.8 Å². The summed E-state index contributed by atoms with van der Waals surface area (Å²) in [6.07, 6.45) is 0. The summed E-state index contributed by atoms with van der Waals surface area (Å²) in [5.74, 6) is 0. The molecule has 18 heavy (non-hydrogen) atoms. The lowest BCUT2D eigenvalue weighted by Crippen LogP contribution is -2.09. The van der Waals surface area contributed by atoms with E-state index in [4.69, 9.17) is 34.8 Å². The zero-order valence-electron chi connectivity index (χ0n) is 8.71. The first-order valence-electron chi connectivity index (χ1n) is 4.74. The Bertz CT molecular complexity index is 665. The smallest absolute Gasteiger partial charge is 0.276 e. The first kappa shape index (κ1) is 13.1. The van der Waals surface area contributed by atoms with E-state index in [2.05, 4.69) is 10.2 Å². The minimum atomic E-state index is -0.557. The SMILES string of the molecule is O=C(Cl)c1ccc(-c2n[nH]c(=O)c(Cl)c2Cl)cc1. The zero-order chi connectivity index (χ0) is 13.3. The second-order valence-electron chi connectivity index (χ2n) is 3.38. The summed E-state index contributed by atoms with van der Waals surface area (Å²) >= 11 is 17.0. The van der Waals surface area contributed by atoms with E-state index in [9.17, 15) is 9.59 Å². The fourth-order valence-corrected chi connectivity index (χ4v) is 1.85. The summed E-state index contributed by atoms with van der Waals surface area (Å²) in [5.41, 5.74) is 0.736. The lowest BCUT2D eigenvalue weighted by molar-refractivity contribution is 0.108. The maximum Gasteiger partial charge on any atom is 0.284 e. The van der Waals surface area contributed by atoms with E-state index in [1.54, 1.807) is 12.1 Å². The van der Waals surface area contributed by atoms with Gasteiger partial charge in [0.1, 0.15) is 10.7 Å². The molecule has 2 rings (SSSR count). The van der Waals surface area contributed by atoms with Gasteiger partial charge >= 0.3 is 0 Å². The van der Waals surface area contributed by atoms with Crippen molar-refractivity contribution in [1.82, 2.24) is 10.2 Å². The Labute approximate surface area is 116 Å². The van der Waals surface area contributed by atoms with E-state index in [1.165, 1.54) is 12.1 Å². The molecule has 0 aliphatic heterocycles. The molecule has 0 aliphatic carbocycles. The van der Waals surface area contributed by atoms with Crippen LogP contribution in [0.1, 0.15) is 10.4 Å². The van der Waals surface area contributed by atoms with Crippen LogP contribution in [0.2, 0.25) is 10.0 Å². The van der Waals surface area contributed by atoms with E-state index < -0.39 is 10.8 Å². The molecule has 0 saturated heterocycles. The Morgan fingerprint density at radius 2 is 1.72 bits per heavy atom. The molecular weight excluding hydrogens is 298 g/mol. The van der Waals surface area contributed by atoms with Gasteiger partial charge in [-0.3, -0.25) is 9.59 Å². The van der Waals surface area contributed by atoms with Crippen molar-refractivity contribution in [3.05, 3.63) is 50.2 Å². The molecule has 0 saturated carbocycles. The van der Waals surface area contributed by atoms with Crippen LogP contribution in [-0.4, -0.2) is 15.4 Å². The van der Waals surface area contributed by atoms with Gasteiger partial charge in [0.25, 0.3) is 10.8 Å². The molecule has 92 valence electrons. The Balaban J connectivity index is 2.53. The molecular formula is C11H5Cl3N2O2.